The van der Waals surface area contributed by atoms with E-state index in [-0.39, 0.29) is 48.5 Å². The van der Waals surface area contributed by atoms with Crippen LogP contribution < -0.4 is 0 Å². The van der Waals surface area contributed by atoms with Crippen LogP contribution in [0.2, 0.25) is 0 Å². The lowest BCUT2D eigenvalue weighted by molar-refractivity contribution is -0.157. The van der Waals surface area contributed by atoms with Gasteiger partial charge < -0.3 is 14.6 Å². The van der Waals surface area contributed by atoms with Gasteiger partial charge in [-0.15, -0.1) is 0 Å². The number of carbonyl (C=O) groups excluding carboxylic acids is 2. The van der Waals surface area contributed by atoms with Gasteiger partial charge in [-0.1, -0.05) is 0 Å². The molecule has 0 radical (unpaired) electrons. The highest BCUT2D eigenvalue weighted by Gasteiger charge is 2.53. The maximum Gasteiger partial charge on any atom is 0.306 e. The van der Waals surface area contributed by atoms with Gasteiger partial charge in [0.05, 0.1) is 38.6 Å². The Kier molecular flexibility index (Phi) is 5.78. The van der Waals surface area contributed by atoms with E-state index in [0.29, 0.717) is 12.8 Å². The molecule has 0 spiro atoms. The zero-order chi connectivity index (χ0) is 22.6. The quantitative estimate of drug-likeness (QED) is 0.498. The van der Waals surface area contributed by atoms with Crippen LogP contribution in [0.5, 0.6) is 0 Å². The molecule has 8 bridgehead atoms. The summed E-state index contributed by atoms with van der Waals surface area (Å²) in [7, 11) is 0. The lowest BCUT2D eigenvalue weighted by Crippen LogP contribution is -2.47. The van der Waals surface area contributed by atoms with E-state index in [9.17, 15) is 14.7 Å². The fourth-order valence-electron chi connectivity index (χ4n) is 10.3. The summed E-state index contributed by atoms with van der Waals surface area (Å²) in [5.74, 6) is 4.34. The molecule has 8 aliphatic rings. The molecule has 5 heteroatoms. The lowest BCUT2D eigenvalue weighted by Gasteiger charge is -2.56. The molecule has 8 aliphatic carbocycles. The molecule has 0 heterocycles. The third-order valence-corrected chi connectivity index (χ3v) is 10.6. The molecule has 0 amide bonds. The number of carbonyl (C=O) groups is 2. The van der Waals surface area contributed by atoms with Crippen molar-refractivity contribution in [1.29, 1.82) is 0 Å². The third-order valence-electron chi connectivity index (χ3n) is 10.6. The summed E-state index contributed by atoms with van der Waals surface area (Å²) in [5, 5.41) is 9.77. The van der Waals surface area contributed by atoms with E-state index >= 15 is 0 Å². The number of hydrogen-bond donors (Lipinski definition) is 1. The molecule has 8 saturated carbocycles. The normalized spacial score (nSPS) is 45.2. The van der Waals surface area contributed by atoms with Crippen LogP contribution in [-0.2, 0) is 19.1 Å². The minimum atomic E-state index is -0.328. The van der Waals surface area contributed by atoms with Crippen molar-refractivity contribution in [3.05, 3.63) is 0 Å². The number of aliphatic hydroxyl groups is 1. The van der Waals surface area contributed by atoms with Crippen LogP contribution in [0.25, 0.3) is 0 Å². The Balaban J connectivity index is 0.949. The highest BCUT2D eigenvalue weighted by Crippen LogP contribution is 2.62. The molecule has 0 aromatic carbocycles. The SMILES string of the molecule is O=C(CC12CC3CC(CC(C3)C1)C2)OCC(CO)COC(=O)CC12CC3CC(CC(C3)C1)C2. The van der Waals surface area contributed by atoms with Gasteiger partial charge in [-0.3, -0.25) is 9.59 Å². The molecule has 0 unspecified atom stereocenters. The van der Waals surface area contributed by atoms with Crippen molar-refractivity contribution >= 4 is 11.9 Å². The van der Waals surface area contributed by atoms with E-state index in [0.717, 1.165) is 35.5 Å². The van der Waals surface area contributed by atoms with Gasteiger partial charge in [0.2, 0.25) is 0 Å². The first-order valence-corrected chi connectivity index (χ1v) is 13.8. The summed E-state index contributed by atoms with van der Waals surface area (Å²) in [4.78, 5) is 25.4. The Morgan fingerprint density at radius 1 is 0.636 bits per heavy atom. The van der Waals surface area contributed by atoms with Crippen molar-refractivity contribution in [2.24, 2.45) is 52.3 Å². The van der Waals surface area contributed by atoms with E-state index in [1.165, 1.54) is 77.0 Å². The van der Waals surface area contributed by atoms with Gasteiger partial charge in [-0.2, -0.15) is 0 Å². The van der Waals surface area contributed by atoms with Crippen LogP contribution in [0.15, 0.2) is 0 Å². The summed E-state index contributed by atoms with van der Waals surface area (Å²) >= 11 is 0. The summed E-state index contributed by atoms with van der Waals surface area (Å²) < 4.78 is 11.2. The van der Waals surface area contributed by atoms with Crippen LogP contribution >= 0.6 is 0 Å². The molecular weight excluding hydrogens is 416 g/mol. The number of ether oxygens (including phenoxy) is 2. The molecule has 1 N–H and O–H groups in total. The molecule has 5 nitrogen and oxygen atoms in total. The van der Waals surface area contributed by atoms with Gasteiger partial charge in [-0.05, 0) is 123 Å². The van der Waals surface area contributed by atoms with Crippen LogP contribution in [-0.4, -0.2) is 36.9 Å². The van der Waals surface area contributed by atoms with Crippen LogP contribution in [0, 0.1) is 52.3 Å². The molecule has 33 heavy (non-hydrogen) atoms. The highest BCUT2D eigenvalue weighted by atomic mass is 16.5. The Morgan fingerprint density at radius 2 is 0.939 bits per heavy atom. The largest absolute Gasteiger partial charge is 0.465 e. The van der Waals surface area contributed by atoms with Crippen molar-refractivity contribution in [3.8, 4) is 0 Å². The molecule has 0 atom stereocenters. The van der Waals surface area contributed by atoms with E-state index in [1.807, 2.05) is 0 Å². The first-order chi connectivity index (χ1) is 15.9. The van der Waals surface area contributed by atoms with Crippen LogP contribution in [0.3, 0.4) is 0 Å². The standard InChI is InChI=1S/C28H42O5/c29-15-24(16-32-25(30)13-27-7-18-1-19(8-27)3-20(2-18)9-27)17-33-26(31)14-28-10-21-4-22(11-28)6-23(5-21)12-28/h18-24,29H,1-17H2. The topological polar surface area (TPSA) is 72.8 Å². The molecule has 0 aromatic heterocycles. The number of rotatable bonds is 9. The van der Waals surface area contributed by atoms with Crippen molar-refractivity contribution in [2.75, 3.05) is 19.8 Å². The van der Waals surface area contributed by atoms with E-state index in [2.05, 4.69) is 0 Å². The Labute approximate surface area is 198 Å². The second kappa shape index (κ2) is 8.53. The average molecular weight is 459 g/mol. The fraction of sp³-hybridized carbons (Fsp3) is 0.929. The summed E-state index contributed by atoms with van der Waals surface area (Å²) in [6.45, 7) is 0.161. The van der Waals surface area contributed by atoms with Crippen molar-refractivity contribution < 1.29 is 24.2 Å². The Bertz CT molecular complexity index is 640. The van der Waals surface area contributed by atoms with Crippen LogP contribution in [0.1, 0.15) is 89.9 Å². The molecule has 184 valence electrons. The second-order valence-corrected chi connectivity index (χ2v) is 13.6. The smallest absolute Gasteiger partial charge is 0.306 e. The van der Waals surface area contributed by atoms with Gasteiger partial charge in [0.1, 0.15) is 0 Å². The molecule has 8 fully saturated rings. The lowest BCUT2D eigenvalue weighted by atomic mass is 9.49. The molecular formula is C28H42O5. The van der Waals surface area contributed by atoms with Gasteiger partial charge >= 0.3 is 11.9 Å². The molecule has 8 rings (SSSR count). The maximum absolute atomic E-state index is 12.7. The highest BCUT2D eigenvalue weighted by molar-refractivity contribution is 5.71. The zero-order valence-electron chi connectivity index (χ0n) is 20.1. The minimum absolute atomic E-state index is 0.129. The van der Waals surface area contributed by atoms with Gasteiger partial charge in [0.25, 0.3) is 0 Å². The van der Waals surface area contributed by atoms with E-state index < -0.39 is 0 Å². The zero-order valence-corrected chi connectivity index (χ0v) is 20.1. The van der Waals surface area contributed by atoms with E-state index in [1.54, 1.807) is 0 Å². The number of hydrogen-bond acceptors (Lipinski definition) is 5. The summed E-state index contributed by atoms with van der Waals surface area (Å²) in [5.41, 5.74) is 0.343. The first kappa shape index (κ1) is 22.4. The number of aliphatic hydroxyl groups excluding tert-OH is 1. The van der Waals surface area contributed by atoms with Crippen molar-refractivity contribution in [3.63, 3.8) is 0 Å². The van der Waals surface area contributed by atoms with Crippen molar-refractivity contribution in [1.82, 2.24) is 0 Å². The van der Waals surface area contributed by atoms with E-state index in [4.69, 9.17) is 9.47 Å². The minimum Gasteiger partial charge on any atom is -0.465 e. The van der Waals surface area contributed by atoms with Gasteiger partial charge in [0, 0.05) is 0 Å². The second-order valence-electron chi connectivity index (χ2n) is 13.6. The fourth-order valence-corrected chi connectivity index (χ4v) is 10.3. The average Bonchev–Trinajstić information content (AvgIpc) is 2.71. The first-order valence-electron chi connectivity index (χ1n) is 13.8. The number of esters is 2. The van der Waals surface area contributed by atoms with Gasteiger partial charge in [-0.25, -0.2) is 0 Å². The Morgan fingerprint density at radius 3 is 1.21 bits per heavy atom. The molecule has 0 saturated heterocycles. The predicted molar refractivity (Wildman–Crippen MR) is 123 cm³/mol. The predicted octanol–water partition coefficient (Wildman–Crippen LogP) is 4.89. The molecule has 0 aliphatic heterocycles. The summed E-state index contributed by atoms with van der Waals surface area (Å²) in [6, 6.07) is 0. The monoisotopic (exact) mass is 458 g/mol. The third kappa shape index (κ3) is 4.60. The summed E-state index contributed by atoms with van der Waals surface area (Å²) in [6.07, 6.45) is 16.4. The van der Waals surface area contributed by atoms with Crippen molar-refractivity contribution in [2.45, 2.75) is 89.9 Å². The maximum atomic E-state index is 12.7. The molecule has 0 aromatic rings. The van der Waals surface area contributed by atoms with Crippen LogP contribution in [0.4, 0.5) is 0 Å². The van der Waals surface area contributed by atoms with Gasteiger partial charge in [0.15, 0.2) is 0 Å². The Hall–Kier alpha value is -1.10.